The Morgan fingerprint density at radius 1 is 1.56 bits per heavy atom. The molecule has 0 aliphatic carbocycles. The van der Waals surface area contributed by atoms with Crippen LogP contribution in [0.15, 0.2) is 4.52 Å². The van der Waals surface area contributed by atoms with Gasteiger partial charge < -0.3 is 14.7 Å². The first kappa shape index (κ1) is 13.5. The Balaban J connectivity index is 1.83. The van der Waals surface area contributed by atoms with Gasteiger partial charge in [-0.3, -0.25) is 0 Å². The van der Waals surface area contributed by atoms with Gasteiger partial charge in [0.25, 0.3) is 0 Å². The summed E-state index contributed by atoms with van der Waals surface area (Å²) < 4.78 is 5.29. The standard InChI is InChI=1S/C13H24N4O/c1-4-17-6-5-11(9-17)8-12-15-13(18-16-12)7-10(2)14-3/h10-11,14H,4-9H2,1-3H3. The summed E-state index contributed by atoms with van der Waals surface area (Å²) in [5.41, 5.74) is 0. The molecule has 1 aliphatic heterocycles. The van der Waals surface area contributed by atoms with Crippen LogP contribution in [0.1, 0.15) is 32.0 Å². The highest BCUT2D eigenvalue weighted by atomic mass is 16.5. The highest BCUT2D eigenvalue weighted by molar-refractivity contribution is 4.92. The van der Waals surface area contributed by atoms with Crippen LogP contribution in [0.4, 0.5) is 0 Å². The monoisotopic (exact) mass is 252 g/mol. The van der Waals surface area contributed by atoms with E-state index in [1.807, 2.05) is 7.05 Å². The Labute approximate surface area is 109 Å². The second-order valence-corrected chi connectivity index (χ2v) is 5.25. The zero-order chi connectivity index (χ0) is 13.0. The van der Waals surface area contributed by atoms with Crippen LogP contribution in [-0.2, 0) is 12.8 Å². The molecule has 0 spiro atoms. The number of nitrogens with zero attached hydrogens (tertiary/aromatic N) is 3. The Morgan fingerprint density at radius 3 is 3.06 bits per heavy atom. The van der Waals surface area contributed by atoms with E-state index < -0.39 is 0 Å². The molecule has 1 saturated heterocycles. The number of rotatable bonds is 6. The lowest BCUT2D eigenvalue weighted by molar-refractivity contribution is 0.337. The van der Waals surface area contributed by atoms with Gasteiger partial charge in [-0.25, -0.2) is 0 Å². The molecule has 1 fully saturated rings. The number of hydrogen-bond acceptors (Lipinski definition) is 5. The van der Waals surface area contributed by atoms with Gasteiger partial charge in [-0.2, -0.15) is 4.98 Å². The van der Waals surface area contributed by atoms with Crippen LogP contribution >= 0.6 is 0 Å². The van der Waals surface area contributed by atoms with Crippen molar-refractivity contribution < 1.29 is 4.52 Å². The molecule has 2 heterocycles. The summed E-state index contributed by atoms with van der Waals surface area (Å²) >= 11 is 0. The maximum Gasteiger partial charge on any atom is 0.228 e. The summed E-state index contributed by atoms with van der Waals surface area (Å²) in [4.78, 5) is 6.96. The molecule has 0 saturated carbocycles. The van der Waals surface area contributed by atoms with E-state index in [1.165, 1.54) is 19.5 Å². The predicted octanol–water partition coefficient (Wildman–Crippen LogP) is 1.10. The van der Waals surface area contributed by atoms with E-state index in [9.17, 15) is 0 Å². The third-order valence-electron chi connectivity index (χ3n) is 3.77. The molecule has 2 rings (SSSR count). The zero-order valence-corrected chi connectivity index (χ0v) is 11.6. The summed E-state index contributed by atoms with van der Waals surface area (Å²) in [6, 6.07) is 0.375. The van der Waals surface area contributed by atoms with E-state index in [0.717, 1.165) is 31.1 Å². The van der Waals surface area contributed by atoms with Crippen molar-refractivity contribution in [2.75, 3.05) is 26.7 Å². The lowest BCUT2D eigenvalue weighted by atomic mass is 10.1. The maximum absolute atomic E-state index is 5.29. The Kier molecular flexibility index (Phi) is 4.72. The predicted molar refractivity (Wildman–Crippen MR) is 70.4 cm³/mol. The zero-order valence-electron chi connectivity index (χ0n) is 11.6. The number of likely N-dealkylation sites (tertiary alicyclic amines) is 1. The Bertz CT molecular complexity index is 366. The molecule has 2 atom stereocenters. The normalized spacial score (nSPS) is 22.5. The van der Waals surface area contributed by atoms with Crippen molar-refractivity contribution in [1.82, 2.24) is 20.4 Å². The van der Waals surface area contributed by atoms with Gasteiger partial charge in [0.15, 0.2) is 5.82 Å². The molecular formula is C13H24N4O. The van der Waals surface area contributed by atoms with Crippen molar-refractivity contribution >= 4 is 0 Å². The van der Waals surface area contributed by atoms with Crippen molar-refractivity contribution in [3.05, 3.63) is 11.7 Å². The van der Waals surface area contributed by atoms with E-state index in [0.29, 0.717) is 12.0 Å². The van der Waals surface area contributed by atoms with Crippen LogP contribution in [0.5, 0.6) is 0 Å². The minimum Gasteiger partial charge on any atom is -0.339 e. The molecule has 0 amide bonds. The Hall–Kier alpha value is -0.940. The largest absolute Gasteiger partial charge is 0.339 e. The average Bonchev–Trinajstić information content (AvgIpc) is 2.99. The lowest BCUT2D eigenvalue weighted by Gasteiger charge is -2.11. The van der Waals surface area contributed by atoms with Gasteiger partial charge in [-0.1, -0.05) is 12.1 Å². The van der Waals surface area contributed by atoms with Crippen molar-refractivity contribution in [2.45, 2.75) is 39.2 Å². The van der Waals surface area contributed by atoms with Crippen LogP contribution in [0.25, 0.3) is 0 Å². The fourth-order valence-corrected chi connectivity index (χ4v) is 2.44. The minimum atomic E-state index is 0.375. The van der Waals surface area contributed by atoms with E-state index >= 15 is 0 Å². The topological polar surface area (TPSA) is 54.2 Å². The van der Waals surface area contributed by atoms with Gasteiger partial charge in [-0.05, 0) is 39.4 Å². The fourth-order valence-electron chi connectivity index (χ4n) is 2.44. The molecule has 102 valence electrons. The second-order valence-electron chi connectivity index (χ2n) is 5.25. The first-order valence-corrected chi connectivity index (χ1v) is 6.92. The summed E-state index contributed by atoms with van der Waals surface area (Å²) in [6.07, 6.45) is 3.01. The number of likely N-dealkylation sites (N-methyl/N-ethyl adjacent to an activating group) is 1. The molecule has 1 aromatic heterocycles. The van der Waals surface area contributed by atoms with Gasteiger partial charge in [-0.15, -0.1) is 0 Å². The molecule has 5 nitrogen and oxygen atoms in total. The SMILES string of the molecule is CCN1CCC(Cc2noc(CC(C)NC)n2)C1. The highest BCUT2D eigenvalue weighted by Gasteiger charge is 2.23. The maximum atomic E-state index is 5.29. The van der Waals surface area contributed by atoms with Crippen molar-refractivity contribution in [3.8, 4) is 0 Å². The number of hydrogen-bond donors (Lipinski definition) is 1. The molecular weight excluding hydrogens is 228 g/mol. The van der Waals surface area contributed by atoms with E-state index in [4.69, 9.17) is 4.52 Å². The van der Waals surface area contributed by atoms with Crippen LogP contribution in [0, 0.1) is 5.92 Å². The number of aromatic nitrogens is 2. The van der Waals surface area contributed by atoms with Crippen LogP contribution < -0.4 is 5.32 Å². The van der Waals surface area contributed by atoms with Crippen LogP contribution in [0.3, 0.4) is 0 Å². The first-order valence-electron chi connectivity index (χ1n) is 6.92. The summed E-state index contributed by atoms with van der Waals surface area (Å²) in [7, 11) is 1.94. The molecule has 0 radical (unpaired) electrons. The fraction of sp³-hybridized carbons (Fsp3) is 0.846. The third-order valence-corrected chi connectivity index (χ3v) is 3.77. The smallest absolute Gasteiger partial charge is 0.228 e. The quantitative estimate of drug-likeness (QED) is 0.822. The molecule has 1 aromatic rings. The minimum absolute atomic E-state index is 0.375. The van der Waals surface area contributed by atoms with Gasteiger partial charge in [0.05, 0.1) is 0 Å². The summed E-state index contributed by atoms with van der Waals surface area (Å²) in [6.45, 7) is 7.86. The molecule has 0 aromatic carbocycles. The van der Waals surface area contributed by atoms with E-state index in [2.05, 4.69) is 34.2 Å². The highest BCUT2D eigenvalue weighted by Crippen LogP contribution is 2.19. The average molecular weight is 252 g/mol. The molecule has 1 N–H and O–H groups in total. The Morgan fingerprint density at radius 2 is 2.39 bits per heavy atom. The van der Waals surface area contributed by atoms with Gasteiger partial charge in [0, 0.05) is 25.4 Å². The van der Waals surface area contributed by atoms with Crippen LogP contribution in [0.2, 0.25) is 0 Å². The van der Waals surface area contributed by atoms with Gasteiger partial charge >= 0.3 is 0 Å². The van der Waals surface area contributed by atoms with Crippen molar-refractivity contribution in [2.24, 2.45) is 5.92 Å². The summed E-state index contributed by atoms with van der Waals surface area (Å²) in [5.74, 6) is 2.31. The second kappa shape index (κ2) is 6.29. The lowest BCUT2D eigenvalue weighted by Crippen LogP contribution is -2.23. The molecule has 5 heteroatoms. The van der Waals surface area contributed by atoms with Crippen molar-refractivity contribution in [3.63, 3.8) is 0 Å². The van der Waals surface area contributed by atoms with Gasteiger partial charge in [0.1, 0.15) is 0 Å². The molecule has 1 aliphatic rings. The van der Waals surface area contributed by atoms with E-state index in [-0.39, 0.29) is 0 Å². The third kappa shape index (κ3) is 3.53. The van der Waals surface area contributed by atoms with Crippen molar-refractivity contribution in [1.29, 1.82) is 0 Å². The molecule has 18 heavy (non-hydrogen) atoms. The molecule has 2 unspecified atom stereocenters. The van der Waals surface area contributed by atoms with E-state index in [1.54, 1.807) is 0 Å². The summed E-state index contributed by atoms with van der Waals surface area (Å²) in [5, 5.41) is 7.26. The first-order chi connectivity index (χ1) is 8.71. The van der Waals surface area contributed by atoms with Crippen LogP contribution in [-0.4, -0.2) is 47.8 Å². The number of nitrogens with one attached hydrogen (secondary N) is 1. The molecule has 0 bridgehead atoms. The van der Waals surface area contributed by atoms with Gasteiger partial charge in [0.2, 0.25) is 5.89 Å².